The highest BCUT2D eigenvalue weighted by atomic mass is 16.2. The molecule has 0 aromatic heterocycles. The van der Waals surface area contributed by atoms with Gasteiger partial charge in [-0.25, -0.2) is 0 Å². The number of nitrogens with one attached hydrogen (secondary N) is 1. The zero-order chi connectivity index (χ0) is 13.4. The lowest BCUT2D eigenvalue weighted by molar-refractivity contribution is -0.156. The van der Waals surface area contributed by atoms with Crippen LogP contribution in [0.3, 0.4) is 0 Å². The van der Waals surface area contributed by atoms with Gasteiger partial charge in [-0.3, -0.25) is 9.59 Å². The minimum Gasteiger partial charge on any atom is -0.340 e. The van der Waals surface area contributed by atoms with Gasteiger partial charge in [-0.15, -0.1) is 0 Å². The quantitative estimate of drug-likeness (QED) is 0.813. The average Bonchev–Trinajstić information content (AvgIpc) is 2.12. The number of carbonyl (C=O) groups excluding carboxylic acids is 2. The van der Waals surface area contributed by atoms with Crippen LogP contribution in [0.4, 0.5) is 0 Å². The summed E-state index contributed by atoms with van der Waals surface area (Å²) in [6, 6.07) is -0.271. The Balaban J connectivity index is 3.03. The van der Waals surface area contributed by atoms with Gasteiger partial charge >= 0.3 is 0 Å². The first-order valence-electron chi connectivity index (χ1n) is 6.31. The number of amides is 2. The van der Waals surface area contributed by atoms with Crippen molar-refractivity contribution in [3.63, 3.8) is 0 Å². The third-order valence-corrected chi connectivity index (χ3v) is 3.09. The normalized spacial score (nSPS) is 24.5. The van der Waals surface area contributed by atoms with E-state index < -0.39 is 5.54 Å². The Hall–Kier alpha value is -1.06. The van der Waals surface area contributed by atoms with Gasteiger partial charge in [0.25, 0.3) is 0 Å². The van der Waals surface area contributed by atoms with Gasteiger partial charge in [-0.05, 0) is 40.0 Å². The highest BCUT2D eigenvalue weighted by Gasteiger charge is 2.46. The Morgan fingerprint density at radius 3 is 2.18 bits per heavy atom. The summed E-state index contributed by atoms with van der Waals surface area (Å²) in [5.74, 6) is 0.371. The first kappa shape index (κ1) is 14.0. The minimum absolute atomic E-state index is 0.0118. The third-order valence-electron chi connectivity index (χ3n) is 3.09. The molecule has 98 valence electrons. The van der Waals surface area contributed by atoms with Crippen molar-refractivity contribution in [3.8, 4) is 0 Å². The van der Waals surface area contributed by atoms with E-state index >= 15 is 0 Å². The summed E-state index contributed by atoms with van der Waals surface area (Å²) in [5, 5.41) is 2.82. The van der Waals surface area contributed by atoms with Crippen molar-refractivity contribution < 1.29 is 9.59 Å². The molecule has 1 N–H and O–H groups in total. The smallest absolute Gasteiger partial charge is 0.248 e. The largest absolute Gasteiger partial charge is 0.340 e. The second kappa shape index (κ2) is 4.67. The van der Waals surface area contributed by atoms with Crippen LogP contribution in [-0.2, 0) is 9.59 Å². The molecule has 1 atom stereocenters. The molecule has 0 radical (unpaired) electrons. The van der Waals surface area contributed by atoms with E-state index in [4.69, 9.17) is 0 Å². The van der Waals surface area contributed by atoms with E-state index in [0.717, 1.165) is 0 Å². The Labute approximate surface area is 104 Å². The van der Waals surface area contributed by atoms with Crippen LogP contribution in [0.1, 0.15) is 48.0 Å². The molecule has 1 aliphatic rings. The molecule has 1 heterocycles. The summed E-state index contributed by atoms with van der Waals surface area (Å²) in [5.41, 5.74) is -0.783. The molecular weight excluding hydrogens is 216 g/mol. The molecule has 1 saturated heterocycles. The van der Waals surface area contributed by atoms with Gasteiger partial charge in [-0.2, -0.15) is 0 Å². The highest BCUT2D eigenvalue weighted by molar-refractivity contribution is 5.99. The molecule has 2 amide bonds. The molecule has 0 aromatic rings. The van der Waals surface area contributed by atoms with Gasteiger partial charge in [0.15, 0.2) is 0 Å². The van der Waals surface area contributed by atoms with E-state index in [1.807, 2.05) is 13.8 Å². The third kappa shape index (κ3) is 2.79. The van der Waals surface area contributed by atoms with E-state index in [1.54, 1.807) is 18.7 Å². The van der Waals surface area contributed by atoms with Crippen molar-refractivity contribution in [1.82, 2.24) is 10.2 Å². The number of carbonyl (C=O) groups is 2. The molecule has 1 aliphatic heterocycles. The molecule has 17 heavy (non-hydrogen) atoms. The van der Waals surface area contributed by atoms with Crippen LogP contribution in [0.25, 0.3) is 0 Å². The second-order valence-electron chi connectivity index (χ2n) is 6.07. The van der Waals surface area contributed by atoms with Gasteiger partial charge in [0.05, 0.1) is 0 Å². The standard InChI is InChI=1S/C13H24N2O2/c1-8(2)7-10-11(16)14-13(5,6)12(17)15(10)9(3)4/h8-10H,7H2,1-6H3,(H,14,16). The van der Waals surface area contributed by atoms with E-state index in [-0.39, 0.29) is 23.9 Å². The van der Waals surface area contributed by atoms with Gasteiger partial charge in [0, 0.05) is 6.04 Å². The van der Waals surface area contributed by atoms with Crippen molar-refractivity contribution in [2.24, 2.45) is 5.92 Å². The fourth-order valence-corrected chi connectivity index (χ4v) is 2.30. The molecule has 0 saturated carbocycles. The fourth-order valence-electron chi connectivity index (χ4n) is 2.30. The van der Waals surface area contributed by atoms with Gasteiger partial charge in [0.1, 0.15) is 11.6 Å². The second-order valence-corrected chi connectivity index (χ2v) is 6.07. The van der Waals surface area contributed by atoms with Crippen LogP contribution >= 0.6 is 0 Å². The van der Waals surface area contributed by atoms with Crippen molar-refractivity contribution in [2.75, 3.05) is 0 Å². The summed E-state index contributed by atoms with van der Waals surface area (Å²) in [4.78, 5) is 26.2. The molecular formula is C13H24N2O2. The number of hydrogen-bond donors (Lipinski definition) is 1. The summed E-state index contributed by atoms with van der Waals surface area (Å²) in [6.45, 7) is 11.6. The van der Waals surface area contributed by atoms with Crippen molar-refractivity contribution >= 4 is 11.8 Å². The van der Waals surface area contributed by atoms with Crippen molar-refractivity contribution in [2.45, 2.75) is 65.6 Å². The number of nitrogens with zero attached hydrogens (tertiary/aromatic N) is 1. The average molecular weight is 240 g/mol. The predicted molar refractivity (Wildman–Crippen MR) is 67.4 cm³/mol. The first-order chi connectivity index (χ1) is 7.66. The minimum atomic E-state index is -0.783. The number of rotatable bonds is 3. The van der Waals surface area contributed by atoms with Crippen molar-refractivity contribution in [1.29, 1.82) is 0 Å². The maximum Gasteiger partial charge on any atom is 0.248 e. The SMILES string of the molecule is CC(C)CC1C(=O)NC(C)(C)C(=O)N1C(C)C. The highest BCUT2D eigenvalue weighted by Crippen LogP contribution is 2.24. The Morgan fingerprint density at radius 1 is 1.24 bits per heavy atom. The molecule has 4 nitrogen and oxygen atoms in total. The zero-order valence-corrected chi connectivity index (χ0v) is 11.7. The predicted octanol–water partition coefficient (Wildman–Crippen LogP) is 1.55. The van der Waals surface area contributed by atoms with Crippen LogP contribution < -0.4 is 5.32 Å². The summed E-state index contributed by atoms with van der Waals surface area (Å²) in [7, 11) is 0. The fraction of sp³-hybridized carbons (Fsp3) is 0.846. The molecule has 0 bridgehead atoms. The topological polar surface area (TPSA) is 49.4 Å². The maximum absolute atomic E-state index is 12.3. The number of piperazine rings is 1. The van der Waals surface area contributed by atoms with Crippen LogP contribution in [0.5, 0.6) is 0 Å². The maximum atomic E-state index is 12.3. The van der Waals surface area contributed by atoms with E-state index in [0.29, 0.717) is 12.3 Å². The Kier molecular flexibility index (Phi) is 3.84. The molecule has 1 fully saturated rings. The van der Waals surface area contributed by atoms with E-state index in [1.165, 1.54) is 0 Å². The molecule has 0 aromatic carbocycles. The molecule has 1 rings (SSSR count). The molecule has 4 heteroatoms. The zero-order valence-electron chi connectivity index (χ0n) is 11.7. The Morgan fingerprint density at radius 2 is 1.76 bits per heavy atom. The summed E-state index contributed by atoms with van der Waals surface area (Å²) >= 11 is 0. The summed E-state index contributed by atoms with van der Waals surface area (Å²) < 4.78 is 0. The molecule has 1 unspecified atom stereocenters. The molecule has 0 aliphatic carbocycles. The van der Waals surface area contributed by atoms with Gasteiger partial charge in [0.2, 0.25) is 11.8 Å². The van der Waals surface area contributed by atoms with E-state index in [2.05, 4.69) is 19.2 Å². The summed E-state index contributed by atoms with van der Waals surface area (Å²) in [6.07, 6.45) is 0.714. The monoisotopic (exact) mass is 240 g/mol. The van der Waals surface area contributed by atoms with Crippen LogP contribution in [0, 0.1) is 5.92 Å². The number of hydrogen-bond acceptors (Lipinski definition) is 2. The van der Waals surface area contributed by atoms with Crippen LogP contribution in [0.2, 0.25) is 0 Å². The van der Waals surface area contributed by atoms with Gasteiger partial charge < -0.3 is 10.2 Å². The lowest BCUT2D eigenvalue weighted by atomic mass is 9.91. The van der Waals surface area contributed by atoms with Crippen molar-refractivity contribution in [3.05, 3.63) is 0 Å². The van der Waals surface area contributed by atoms with Crippen LogP contribution in [0.15, 0.2) is 0 Å². The van der Waals surface area contributed by atoms with E-state index in [9.17, 15) is 9.59 Å². The molecule has 0 spiro atoms. The Bertz CT molecular complexity index is 321. The lowest BCUT2D eigenvalue weighted by Gasteiger charge is -2.45. The van der Waals surface area contributed by atoms with Gasteiger partial charge in [-0.1, -0.05) is 13.8 Å². The first-order valence-corrected chi connectivity index (χ1v) is 6.31. The van der Waals surface area contributed by atoms with Crippen LogP contribution in [-0.4, -0.2) is 34.3 Å². The lowest BCUT2D eigenvalue weighted by Crippen LogP contribution is -2.69.